The van der Waals surface area contributed by atoms with Crippen LogP contribution in [0.3, 0.4) is 0 Å². The first-order valence-electron chi connectivity index (χ1n) is 12.3. The molecule has 0 amide bonds. The Hall–Kier alpha value is -2.44. The Morgan fingerprint density at radius 2 is 1.92 bits per heavy atom. The number of pyridine rings is 1. The molecule has 4 rings (SSSR count). The van der Waals surface area contributed by atoms with Gasteiger partial charge in [0.2, 0.25) is 5.95 Å². The molecule has 0 aromatic carbocycles. The molecule has 3 aromatic heterocycles. The second-order valence-corrected chi connectivity index (χ2v) is 11.0. The SMILES string of the molecule is CCO[C@H](C)CNc1nc(C)c(-c2nc3c(C)nccc3s2)c(NC2C[C@H](C(C)(C)O)[C@@H](O)[C@H]2O)n1. The van der Waals surface area contributed by atoms with Gasteiger partial charge in [0.15, 0.2) is 0 Å². The summed E-state index contributed by atoms with van der Waals surface area (Å²) >= 11 is 1.52. The Kier molecular flexibility index (Phi) is 7.77. The van der Waals surface area contributed by atoms with Gasteiger partial charge >= 0.3 is 0 Å². The minimum absolute atomic E-state index is 0.0194. The smallest absolute Gasteiger partial charge is 0.224 e. The van der Waals surface area contributed by atoms with E-state index >= 15 is 0 Å². The summed E-state index contributed by atoms with van der Waals surface area (Å²) in [5.74, 6) is 0.444. The molecular formula is C25H36N6O4S. The standard InChI is InChI=1S/C25H36N6O4S/c1-7-35-12(2)11-27-24-28-13(3)18(23-30-19-14(4)26-9-8-17(19)36-23)22(31-24)29-16-10-15(25(5,6)34)20(32)21(16)33/h8-9,12,15-16,20-21,32-34H,7,10-11H2,1-6H3,(H2,27,28,29,31)/t12-,15+,16?,20-,21+/m1/s1. The van der Waals surface area contributed by atoms with E-state index in [1.54, 1.807) is 20.0 Å². The molecule has 0 bridgehead atoms. The summed E-state index contributed by atoms with van der Waals surface area (Å²) in [4.78, 5) is 18.6. The molecule has 196 valence electrons. The lowest BCUT2D eigenvalue weighted by molar-refractivity contribution is -0.0601. The molecule has 5 atom stereocenters. The maximum atomic E-state index is 10.8. The van der Waals surface area contributed by atoms with Crippen LogP contribution >= 0.6 is 11.3 Å². The number of anilines is 2. The number of nitrogens with zero attached hydrogens (tertiary/aromatic N) is 4. The highest BCUT2D eigenvalue weighted by atomic mass is 32.1. The Balaban J connectivity index is 1.73. The van der Waals surface area contributed by atoms with Crippen molar-refractivity contribution in [1.82, 2.24) is 19.9 Å². The van der Waals surface area contributed by atoms with E-state index in [1.165, 1.54) is 11.3 Å². The van der Waals surface area contributed by atoms with E-state index in [0.717, 1.165) is 32.2 Å². The monoisotopic (exact) mass is 516 g/mol. The van der Waals surface area contributed by atoms with E-state index in [1.807, 2.05) is 33.8 Å². The molecule has 1 saturated carbocycles. The van der Waals surface area contributed by atoms with Gasteiger partial charge in [0, 0.05) is 25.3 Å². The Morgan fingerprint density at radius 1 is 1.17 bits per heavy atom. The van der Waals surface area contributed by atoms with E-state index in [2.05, 4.69) is 20.6 Å². The number of ether oxygens (including phenoxy) is 1. The molecule has 1 fully saturated rings. The molecule has 1 unspecified atom stereocenters. The van der Waals surface area contributed by atoms with Crippen LogP contribution in [0.15, 0.2) is 12.3 Å². The molecule has 11 heteroatoms. The predicted molar refractivity (Wildman–Crippen MR) is 141 cm³/mol. The van der Waals surface area contributed by atoms with Crippen LogP contribution in [0.4, 0.5) is 11.8 Å². The number of hydrogen-bond acceptors (Lipinski definition) is 11. The Labute approximate surface area is 215 Å². The average molecular weight is 517 g/mol. The molecule has 0 aliphatic heterocycles. The molecule has 0 spiro atoms. The van der Waals surface area contributed by atoms with Gasteiger partial charge in [-0.25, -0.2) is 9.97 Å². The zero-order chi connectivity index (χ0) is 26.2. The van der Waals surface area contributed by atoms with Crippen LogP contribution in [-0.2, 0) is 4.74 Å². The highest BCUT2D eigenvalue weighted by Crippen LogP contribution is 2.40. The highest BCUT2D eigenvalue weighted by Gasteiger charge is 2.48. The van der Waals surface area contributed by atoms with E-state index in [0.29, 0.717) is 31.3 Å². The van der Waals surface area contributed by atoms with Gasteiger partial charge in [-0.1, -0.05) is 0 Å². The molecule has 3 heterocycles. The second kappa shape index (κ2) is 10.5. The van der Waals surface area contributed by atoms with Crippen molar-refractivity contribution in [3.05, 3.63) is 23.7 Å². The van der Waals surface area contributed by atoms with Gasteiger partial charge in [0.25, 0.3) is 0 Å². The van der Waals surface area contributed by atoms with Gasteiger partial charge in [-0.3, -0.25) is 4.98 Å². The zero-order valence-electron chi connectivity index (χ0n) is 21.6. The number of rotatable bonds is 9. The number of aryl methyl sites for hydroxylation is 2. The minimum Gasteiger partial charge on any atom is -0.390 e. The van der Waals surface area contributed by atoms with Crippen LogP contribution in [0.5, 0.6) is 0 Å². The molecule has 5 N–H and O–H groups in total. The van der Waals surface area contributed by atoms with Crippen molar-refractivity contribution < 1.29 is 20.1 Å². The third kappa shape index (κ3) is 5.45. The number of thiazole rings is 1. The number of aliphatic hydroxyl groups excluding tert-OH is 2. The van der Waals surface area contributed by atoms with Crippen molar-refractivity contribution in [2.45, 2.75) is 77.9 Å². The van der Waals surface area contributed by atoms with Crippen molar-refractivity contribution >= 4 is 33.3 Å². The maximum absolute atomic E-state index is 10.8. The Morgan fingerprint density at radius 3 is 2.56 bits per heavy atom. The van der Waals surface area contributed by atoms with Gasteiger partial charge in [0.1, 0.15) is 22.4 Å². The molecule has 1 aliphatic carbocycles. The fourth-order valence-corrected chi connectivity index (χ4v) is 5.85. The first kappa shape index (κ1) is 26.6. The molecule has 1 aliphatic rings. The Bertz CT molecular complexity index is 1210. The molecule has 36 heavy (non-hydrogen) atoms. The summed E-state index contributed by atoms with van der Waals surface area (Å²) in [6, 6.07) is 1.42. The number of hydrogen-bond donors (Lipinski definition) is 5. The number of aliphatic hydroxyl groups is 3. The van der Waals surface area contributed by atoms with Crippen molar-refractivity contribution in [1.29, 1.82) is 0 Å². The zero-order valence-corrected chi connectivity index (χ0v) is 22.4. The highest BCUT2D eigenvalue weighted by molar-refractivity contribution is 7.21. The third-order valence-corrected chi connectivity index (χ3v) is 7.74. The van der Waals surface area contributed by atoms with Crippen LogP contribution in [0.25, 0.3) is 20.8 Å². The molecule has 3 aromatic rings. The van der Waals surface area contributed by atoms with Crippen molar-refractivity contribution in [3.63, 3.8) is 0 Å². The van der Waals surface area contributed by atoms with Crippen LogP contribution in [-0.4, -0.2) is 78.4 Å². The normalized spacial score (nSPS) is 23.2. The van der Waals surface area contributed by atoms with Crippen molar-refractivity contribution in [2.24, 2.45) is 5.92 Å². The maximum Gasteiger partial charge on any atom is 0.224 e. The molecular weight excluding hydrogens is 480 g/mol. The van der Waals surface area contributed by atoms with Crippen LogP contribution in [0.1, 0.15) is 45.5 Å². The fraction of sp³-hybridized carbons (Fsp3) is 0.600. The first-order valence-corrected chi connectivity index (χ1v) is 13.1. The van der Waals surface area contributed by atoms with Crippen LogP contribution < -0.4 is 10.6 Å². The van der Waals surface area contributed by atoms with E-state index in [9.17, 15) is 15.3 Å². The topological polar surface area (TPSA) is 146 Å². The van der Waals surface area contributed by atoms with Crippen molar-refractivity contribution in [2.75, 3.05) is 23.8 Å². The number of aromatic nitrogens is 4. The summed E-state index contributed by atoms with van der Waals surface area (Å²) in [5, 5.41) is 39.3. The summed E-state index contributed by atoms with van der Waals surface area (Å²) in [7, 11) is 0. The van der Waals surface area contributed by atoms with Gasteiger partial charge < -0.3 is 30.7 Å². The molecule has 10 nitrogen and oxygen atoms in total. The van der Waals surface area contributed by atoms with Crippen LogP contribution in [0, 0.1) is 19.8 Å². The molecule has 0 radical (unpaired) electrons. The van der Waals surface area contributed by atoms with Crippen LogP contribution in [0.2, 0.25) is 0 Å². The summed E-state index contributed by atoms with van der Waals surface area (Å²) < 4.78 is 6.61. The molecule has 0 saturated heterocycles. The summed E-state index contributed by atoms with van der Waals surface area (Å²) in [6.45, 7) is 12.2. The van der Waals surface area contributed by atoms with E-state index in [-0.39, 0.29) is 6.10 Å². The average Bonchev–Trinajstić information content (AvgIpc) is 3.35. The predicted octanol–water partition coefficient (Wildman–Crippen LogP) is 2.90. The second-order valence-electron chi connectivity index (χ2n) is 9.99. The van der Waals surface area contributed by atoms with Gasteiger partial charge in [-0.15, -0.1) is 11.3 Å². The third-order valence-electron chi connectivity index (χ3n) is 6.70. The number of nitrogens with one attached hydrogen (secondary N) is 2. The lowest BCUT2D eigenvalue weighted by Crippen LogP contribution is -2.40. The first-order chi connectivity index (χ1) is 17.0. The lowest BCUT2D eigenvalue weighted by Gasteiger charge is -2.28. The van der Waals surface area contributed by atoms with Gasteiger partial charge in [0.05, 0.1) is 45.5 Å². The lowest BCUT2D eigenvalue weighted by atomic mass is 9.88. The van der Waals surface area contributed by atoms with Gasteiger partial charge in [-0.2, -0.15) is 4.98 Å². The summed E-state index contributed by atoms with van der Waals surface area (Å²) in [6.07, 6.45) is -0.00664. The fourth-order valence-electron chi connectivity index (χ4n) is 4.73. The van der Waals surface area contributed by atoms with Gasteiger partial charge in [-0.05, 0) is 54.0 Å². The quantitative estimate of drug-likeness (QED) is 0.288. The summed E-state index contributed by atoms with van der Waals surface area (Å²) in [5.41, 5.74) is 1.98. The van der Waals surface area contributed by atoms with E-state index < -0.39 is 29.8 Å². The van der Waals surface area contributed by atoms with Crippen molar-refractivity contribution in [3.8, 4) is 10.6 Å². The number of fused-ring (bicyclic) bond motifs is 1. The minimum atomic E-state index is -1.14. The van der Waals surface area contributed by atoms with E-state index in [4.69, 9.17) is 14.7 Å². The largest absolute Gasteiger partial charge is 0.390 e.